The average molecular weight is 240 g/mol. The second-order valence-electron chi connectivity index (χ2n) is 3.46. The topological polar surface area (TPSA) is 81.4 Å². The number of nitrogens with one attached hydrogen (secondary N) is 1. The van der Waals surface area contributed by atoms with Crippen molar-refractivity contribution in [3.8, 4) is 0 Å². The summed E-state index contributed by atoms with van der Waals surface area (Å²) in [6.45, 7) is 4.22. The molecule has 94 valence electrons. The Morgan fingerprint density at radius 3 is 2.88 bits per heavy atom. The van der Waals surface area contributed by atoms with Crippen molar-refractivity contribution in [2.75, 3.05) is 13.2 Å². The molecule has 17 heavy (non-hydrogen) atoms. The van der Waals surface area contributed by atoms with Gasteiger partial charge in [0.05, 0.1) is 12.8 Å². The first-order valence-electron chi connectivity index (χ1n) is 5.50. The molecular weight excluding hydrogens is 224 g/mol. The number of ether oxygens (including phenoxy) is 1. The van der Waals surface area contributed by atoms with Crippen molar-refractivity contribution in [1.82, 2.24) is 10.5 Å². The fourth-order valence-electron chi connectivity index (χ4n) is 1.28. The number of carbonyl (C=O) groups is 2. The van der Waals surface area contributed by atoms with Crippen molar-refractivity contribution in [3.63, 3.8) is 0 Å². The molecule has 0 bridgehead atoms. The van der Waals surface area contributed by atoms with E-state index in [0.29, 0.717) is 37.3 Å². The molecule has 6 heteroatoms. The van der Waals surface area contributed by atoms with Crippen LogP contribution in [-0.4, -0.2) is 30.2 Å². The van der Waals surface area contributed by atoms with Crippen LogP contribution in [0.2, 0.25) is 0 Å². The zero-order valence-corrected chi connectivity index (χ0v) is 9.99. The van der Waals surface area contributed by atoms with Crippen LogP contribution in [0.5, 0.6) is 0 Å². The Morgan fingerprint density at radius 1 is 1.53 bits per heavy atom. The minimum atomic E-state index is -0.247. The van der Waals surface area contributed by atoms with Crippen molar-refractivity contribution in [2.24, 2.45) is 0 Å². The Kier molecular flexibility index (Phi) is 5.19. The van der Waals surface area contributed by atoms with Gasteiger partial charge in [-0.3, -0.25) is 9.59 Å². The van der Waals surface area contributed by atoms with Crippen molar-refractivity contribution in [3.05, 3.63) is 17.5 Å². The SMILES string of the molecule is CCOC(=O)CCCNC(=O)c1cnoc1C. The van der Waals surface area contributed by atoms with Crippen LogP contribution < -0.4 is 5.32 Å². The number of hydrogen-bond donors (Lipinski definition) is 1. The summed E-state index contributed by atoms with van der Waals surface area (Å²) in [6, 6.07) is 0. The van der Waals surface area contributed by atoms with Gasteiger partial charge in [0.1, 0.15) is 11.3 Å². The van der Waals surface area contributed by atoms with Gasteiger partial charge in [0.15, 0.2) is 0 Å². The van der Waals surface area contributed by atoms with Crippen molar-refractivity contribution in [1.29, 1.82) is 0 Å². The van der Waals surface area contributed by atoms with E-state index in [4.69, 9.17) is 9.26 Å². The Labute approximate surface area is 99.3 Å². The molecule has 1 heterocycles. The van der Waals surface area contributed by atoms with E-state index < -0.39 is 0 Å². The van der Waals surface area contributed by atoms with E-state index in [2.05, 4.69) is 10.5 Å². The molecule has 0 radical (unpaired) electrons. The summed E-state index contributed by atoms with van der Waals surface area (Å²) in [6.07, 6.45) is 2.22. The minimum Gasteiger partial charge on any atom is -0.466 e. The van der Waals surface area contributed by atoms with Gasteiger partial charge in [-0.05, 0) is 20.3 Å². The van der Waals surface area contributed by atoms with E-state index in [0.717, 1.165) is 0 Å². The molecule has 1 aromatic rings. The normalized spacial score (nSPS) is 10.0. The van der Waals surface area contributed by atoms with E-state index in [1.54, 1.807) is 13.8 Å². The Morgan fingerprint density at radius 2 is 2.29 bits per heavy atom. The minimum absolute atomic E-state index is 0.243. The van der Waals surface area contributed by atoms with Crippen molar-refractivity contribution >= 4 is 11.9 Å². The van der Waals surface area contributed by atoms with E-state index in [9.17, 15) is 9.59 Å². The first kappa shape index (κ1) is 13.2. The molecule has 0 aliphatic rings. The standard InChI is InChI=1S/C11H16N2O4/c1-3-16-10(14)5-4-6-12-11(15)9-7-13-17-8(9)2/h7H,3-6H2,1-2H3,(H,12,15). The molecule has 0 fully saturated rings. The van der Waals surface area contributed by atoms with Gasteiger partial charge in [0.25, 0.3) is 5.91 Å². The zero-order chi connectivity index (χ0) is 12.7. The summed E-state index contributed by atoms with van der Waals surface area (Å²) < 4.78 is 9.54. The Bertz CT molecular complexity index is 387. The molecule has 0 aliphatic heterocycles. The summed E-state index contributed by atoms with van der Waals surface area (Å²) in [5, 5.41) is 6.19. The van der Waals surface area contributed by atoms with Gasteiger partial charge in [0, 0.05) is 13.0 Å². The maximum Gasteiger partial charge on any atom is 0.305 e. The fourth-order valence-corrected chi connectivity index (χ4v) is 1.28. The molecule has 0 aliphatic carbocycles. The van der Waals surface area contributed by atoms with Crippen LogP contribution in [0.15, 0.2) is 10.7 Å². The molecule has 1 N–H and O–H groups in total. The van der Waals surface area contributed by atoms with Crippen LogP contribution in [0, 0.1) is 6.92 Å². The van der Waals surface area contributed by atoms with Gasteiger partial charge in [-0.1, -0.05) is 5.16 Å². The number of nitrogens with zero attached hydrogens (tertiary/aromatic N) is 1. The molecule has 1 rings (SSSR count). The van der Waals surface area contributed by atoms with Crippen LogP contribution >= 0.6 is 0 Å². The first-order chi connectivity index (χ1) is 8.15. The van der Waals surface area contributed by atoms with Gasteiger partial charge < -0.3 is 14.6 Å². The summed E-state index contributed by atoms with van der Waals surface area (Å²) >= 11 is 0. The molecule has 6 nitrogen and oxygen atoms in total. The maximum absolute atomic E-state index is 11.6. The summed E-state index contributed by atoms with van der Waals surface area (Å²) in [5.74, 6) is -0.0107. The zero-order valence-electron chi connectivity index (χ0n) is 9.99. The highest BCUT2D eigenvalue weighted by molar-refractivity contribution is 5.94. The number of aromatic nitrogens is 1. The quantitative estimate of drug-likeness (QED) is 0.594. The van der Waals surface area contributed by atoms with E-state index in [-0.39, 0.29) is 11.9 Å². The molecule has 0 aromatic carbocycles. The molecule has 0 saturated heterocycles. The lowest BCUT2D eigenvalue weighted by Crippen LogP contribution is -2.25. The van der Waals surface area contributed by atoms with Gasteiger partial charge >= 0.3 is 5.97 Å². The number of hydrogen-bond acceptors (Lipinski definition) is 5. The first-order valence-corrected chi connectivity index (χ1v) is 5.50. The average Bonchev–Trinajstić information content (AvgIpc) is 2.71. The smallest absolute Gasteiger partial charge is 0.305 e. The van der Waals surface area contributed by atoms with Crippen molar-refractivity contribution < 1.29 is 18.8 Å². The van der Waals surface area contributed by atoms with Crippen LogP contribution in [-0.2, 0) is 9.53 Å². The lowest BCUT2D eigenvalue weighted by Gasteiger charge is -2.03. The molecule has 0 spiro atoms. The number of aryl methyl sites for hydroxylation is 1. The predicted octanol–water partition coefficient (Wildman–Crippen LogP) is 1.06. The monoisotopic (exact) mass is 240 g/mol. The molecular formula is C11H16N2O4. The number of amides is 1. The highest BCUT2D eigenvalue weighted by atomic mass is 16.5. The fraction of sp³-hybridized carbons (Fsp3) is 0.545. The van der Waals surface area contributed by atoms with Crippen LogP contribution in [0.1, 0.15) is 35.9 Å². The summed E-state index contributed by atoms with van der Waals surface area (Å²) in [5.41, 5.74) is 0.418. The number of esters is 1. The van der Waals surface area contributed by atoms with Crippen LogP contribution in [0.25, 0.3) is 0 Å². The van der Waals surface area contributed by atoms with Crippen LogP contribution in [0.3, 0.4) is 0 Å². The predicted molar refractivity (Wildman–Crippen MR) is 59.4 cm³/mol. The molecule has 1 aromatic heterocycles. The molecule has 0 saturated carbocycles. The lowest BCUT2D eigenvalue weighted by atomic mass is 10.2. The number of carbonyl (C=O) groups excluding carboxylic acids is 2. The third kappa shape index (κ3) is 4.26. The molecule has 0 atom stereocenters. The van der Waals surface area contributed by atoms with Gasteiger partial charge in [-0.2, -0.15) is 0 Å². The third-order valence-corrected chi connectivity index (χ3v) is 2.14. The molecule has 1 amide bonds. The van der Waals surface area contributed by atoms with E-state index >= 15 is 0 Å². The number of rotatable bonds is 6. The summed E-state index contributed by atoms with van der Waals surface area (Å²) in [4.78, 5) is 22.6. The third-order valence-electron chi connectivity index (χ3n) is 2.14. The van der Waals surface area contributed by atoms with Gasteiger partial charge in [0.2, 0.25) is 0 Å². The highest BCUT2D eigenvalue weighted by Crippen LogP contribution is 2.05. The van der Waals surface area contributed by atoms with Gasteiger partial charge in [-0.25, -0.2) is 0 Å². The maximum atomic E-state index is 11.6. The Balaban J connectivity index is 2.21. The van der Waals surface area contributed by atoms with Crippen molar-refractivity contribution in [2.45, 2.75) is 26.7 Å². The lowest BCUT2D eigenvalue weighted by molar-refractivity contribution is -0.143. The largest absolute Gasteiger partial charge is 0.466 e. The Hall–Kier alpha value is -1.85. The molecule has 0 unspecified atom stereocenters. The second-order valence-corrected chi connectivity index (χ2v) is 3.46. The summed E-state index contributed by atoms with van der Waals surface area (Å²) in [7, 11) is 0. The van der Waals surface area contributed by atoms with E-state index in [1.807, 2.05) is 0 Å². The second kappa shape index (κ2) is 6.67. The van der Waals surface area contributed by atoms with E-state index in [1.165, 1.54) is 6.20 Å². The van der Waals surface area contributed by atoms with Crippen LogP contribution in [0.4, 0.5) is 0 Å². The highest BCUT2D eigenvalue weighted by Gasteiger charge is 2.12. The van der Waals surface area contributed by atoms with Gasteiger partial charge in [-0.15, -0.1) is 0 Å².